The molecule has 2 aliphatic heterocycles. The average molecular weight is 398 g/mol. The lowest BCUT2D eigenvalue weighted by molar-refractivity contribution is 0.0728. The first kappa shape index (κ1) is 16.9. The first-order chi connectivity index (χ1) is 13.2. The van der Waals surface area contributed by atoms with E-state index in [1.807, 2.05) is 58.4 Å². The Bertz CT molecular complexity index is 1030. The number of hydrogen-bond acceptors (Lipinski definition) is 2. The van der Waals surface area contributed by atoms with Crippen LogP contribution in [0, 0.1) is 0 Å². The van der Waals surface area contributed by atoms with Gasteiger partial charge in [0, 0.05) is 34.1 Å². The largest absolute Gasteiger partial charge is 0.340 e. The van der Waals surface area contributed by atoms with Crippen molar-refractivity contribution in [1.82, 2.24) is 10.0 Å². The molecule has 27 heavy (non-hydrogen) atoms. The van der Waals surface area contributed by atoms with Crippen LogP contribution in [0.2, 0.25) is 10.0 Å². The third-order valence-corrected chi connectivity index (χ3v) is 5.96. The van der Waals surface area contributed by atoms with Crippen LogP contribution in [0.5, 0.6) is 0 Å². The van der Waals surface area contributed by atoms with Crippen molar-refractivity contribution in [2.45, 2.75) is 12.6 Å². The average Bonchev–Trinajstić information content (AvgIpc) is 3.25. The topological polar surface area (TPSA) is 26.8 Å². The Kier molecular flexibility index (Phi) is 4.01. The molecule has 0 saturated carbocycles. The zero-order chi connectivity index (χ0) is 18.5. The van der Waals surface area contributed by atoms with E-state index in [0.29, 0.717) is 16.6 Å². The van der Waals surface area contributed by atoms with E-state index in [9.17, 15) is 4.79 Å². The molecule has 2 fully saturated rings. The summed E-state index contributed by atoms with van der Waals surface area (Å²) in [7, 11) is 0. The lowest BCUT2D eigenvalue weighted by atomic mass is 10.1. The summed E-state index contributed by atoms with van der Waals surface area (Å²) in [6, 6.07) is 19.6. The van der Waals surface area contributed by atoms with Gasteiger partial charge in [-0.1, -0.05) is 65.7 Å². The van der Waals surface area contributed by atoms with Crippen LogP contribution in [0.3, 0.4) is 0 Å². The highest BCUT2D eigenvalue weighted by Gasteiger charge is 2.49. The van der Waals surface area contributed by atoms with Gasteiger partial charge in [-0.2, -0.15) is 5.01 Å². The van der Waals surface area contributed by atoms with E-state index in [1.165, 1.54) is 0 Å². The van der Waals surface area contributed by atoms with Crippen molar-refractivity contribution in [3.63, 3.8) is 0 Å². The molecule has 4 nitrogen and oxygen atoms in total. The molecule has 0 radical (unpaired) electrons. The predicted octanol–water partition coefficient (Wildman–Crippen LogP) is 5.71. The van der Waals surface area contributed by atoms with Crippen molar-refractivity contribution in [3.05, 3.63) is 76.3 Å². The van der Waals surface area contributed by atoms with Gasteiger partial charge in [0.25, 0.3) is 0 Å². The lowest BCUT2D eigenvalue weighted by Crippen LogP contribution is -2.32. The monoisotopic (exact) mass is 397 g/mol. The number of anilines is 1. The Balaban J connectivity index is 1.75. The number of carbonyl (C=O) groups is 1. The molecule has 2 heterocycles. The van der Waals surface area contributed by atoms with Crippen LogP contribution in [0.1, 0.15) is 18.2 Å². The molecule has 6 heteroatoms. The van der Waals surface area contributed by atoms with E-state index < -0.39 is 0 Å². The summed E-state index contributed by atoms with van der Waals surface area (Å²) in [5.74, 6) is 0. The first-order valence-corrected chi connectivity index (χ1v) is 9.71. The predicted molar refractivity (Wildman–Crippen MR) is 109 cm³/mol. The van der Waals surface area contributed by atoms with Crippen molar-refractivity contribution >= 4 is 45.7 Å². The number of benzene rings is 3. The molecule has 2 aliphatic rings. The van der Waals surface area contributed by atoms with E-state index in [1.54, 1.807) is 0 Å². The maximum Gasteiger partial charge on any atom is 0.340 e. The van der Waals surface area contributed by atoms with Crippen LogP contribution in [0.15, 0.2) is 60.7 Å². The third kappa shape index (κ3) is 2.52. The standard InChI is InChI=1S/C21H17Cl2N3O/c22-16-9-4-10-17(23)19(16)20-24-12-5-13-25(24)21(27)26(20)18-11-3-7-14-6-1-2-8-15(14)18/h1-4,6-11,20H,5,12-13H2/t20-/m1/s1. The van der Waals surface area contributed by atoms with Gasteiger partial charge < -0.3 is 0 Å². The molecule has 0 unspecified atom stereocenters. The molecule has 2 amide bonds. The van der Waals surface area contributed by atoms with Crippen LogP contribution in [-0.2, 0) is 0 Å². The van der Waals surface area contributed by atoms with Gasteiger partial charge in [0.15, 0.2) is 0 Å². The molecule has 0 aromatic heterocycles. The fourth-order valence-corrected chi connectivity index (χ4v) is 4.74. The Morgan fingerprint density at radius 2 is 1.56 bits per heavy atom. The van der Waals surface area contributed by atoms with Gasteiger partial charge in [-0.15, -0.1) is 0 Å². The number of rotatable bonds is 2. The molecular weight excluding hydrogens is 381 g/mol. The fourth-order valence-electron chi connectivity index (χ4n) is 4.14. The van der Waals surface area contributed by atoms with Gasteiger partial charge in [0.05, 0.1) is 5.69 Å². The second kappa shape index (κ2) is 6.41. The quantitative estimate of drug-likeness (QED) is 0.553. The number of fused-ring (bicyclic) bond motifs is 2. The normalized spacial score (nSPS) is 19.9. The Labute approximate surface area is 167 Å². The Hall–Kier alpha value is -2.27. The maximum absolute atomic E-state index is 13.4. The molecule has 2 saturated heterocycles. The summed E-state index contributed by atoms with van der Waals surface area (Å²) >= 11 is 13.1. The van der Waals surface area contributed by atoms with Gasteiger partial charge in [0.1, 0.15) is 6.17 Å². The number of halogens is 2. The molecule has 5 rings (SSSR count). The van der Waals surface area contributed by atoms with E-state index in [2.05, 4.69) is 17.1 Å². The minimum absolute atomic E-state index is 0.0372. The highest BCUT2D eigenvalue weighted by atomic mass is 35.5. The zero-order valence-corrected chi connectivity index (χ0v) is 16.0. The molecule has 0 spiro atoms. The molecule has 0 bridgehead atoms. The molecule has 0 N–H and O–H groups in total. The number of urea groups is 1. The van der Waals surface area contributed by atoms with Gasteiger partial charge in [-0.25, -0.2) is 4.79 Å². The minimum atomic E-state index is -0.355. The summed E-state index contributed by atoms with van der Waals surface area (Å²) < 4.78 is 0. The van der Waals surface area contributed by atoms with Crippen LogP contribution in [-0.4, -0.2) is 29.1 Å². The number of amides is 2. The molecule has 1 atom stereocenters. The summed E-state index contributed by atoms with van der Waals surface area (Å²) in [5, 5.41) is 7.15. The van der Waals surface area contributed by atoms with Gasteiger partial charge >= 0.3 is 6.03 Å². The van der Waals surface area contributed by atoms with Crippen LogP contribution in [0.4, 0.5) is 10.5 Å². The molecule has 3 aromatic rings. The van der Waals surface area contributed by atoms with Crippen molar-refractivity contribution in [1.29, 1.82) is 0 Å². The fraction of sp³-hybridized carbons (Fsp3) is 0.190. The van der Waals surface area contributed by atoms with Crippen LogP contribution < -0.4 is 4.90 Å². The maximum atomic E-state index is 13.4. The lowest BCUT2D eigenvalue weighted by Gasteiger charge is -2.30. The third-order valence-electron chi connectivity index (χ3n) is 5.31. The van der Waals surface area contributed by atoms with E-state index in [-0.39, 0.29) is 12.2 Å². The minimum Gasteiger partial charge on any atom is -0.270 e. The summed E-state index contributed by atoms with van der Waals surface area (Å²) in [6.07, 6.45) is 0.584. The highest BCUT2D eigenvalue weighted by Crippen LogP contribution is 2.46. The summed E-state index contributed by atoms with van der Waals surface area (Å²) in [6.45, 7) is 1.50. The molecular formula is C21H17Cl2N3O. The number of hydrazine groups is 1. The van der Waals surface area contributed by atoms with Crippen molar-refractivity contribution < 1.29 is 4.79 Å². The molecule has 0 aliphatic carbocycles. The summed E-state index contributed by atoms with van der Waals surface area (Å²) in [4.78, 5) is 15.2. The number of hydrogen-bond donors (Lipinski definition) is 0. The molecule has 136 valence electrons. The van der Waals surface area contributed by atoms with Gasteiger partial charge in [-0.3, -0.25) is 9.91 Å². The second-order valence-electron chi connectivity index (χ2n) is 6.80. The number of nitrogens with zero attached hydrogens (tertiary/aromatic N) is 3. The SMILES string of the molecule is O=C1N(c2cccc3ccccc23)[C@H](c2c(Cl)cccc2Cl)N2CCCN12. The van der Waals surface area contributed by atoms with Crippen LogP contribution >= 0.6 is 23.2 Å². The summed E-state index contributed by atoms with van der Waals surface area (Å²) in [5.41, 5.74) is 1.64. The van der Waals surface area contributed by atoms with Gasteiger partial charge in [-0.05, 0) is 30.0 Å². The van der Waals surface area contributed by atoms with Crippen molar-refractivity contribution in [2.24, 2.45) is 0 Å². The smallest absolute Gasteiger partial charge is 0.270 e. The Morgan fingerprint density at radius 1 is 0.852 bits per heavy atom. The van der Waals surface area contributed by atoms with E-state index in [0.717, 1.165) is 35.0 Å². The van der Waals surface area contributed by atoms with Crippen molar-refractivity contribution in [2.75, 3.05) is 18.0 Å². The second-order valence-corrected chi connectivity index (χ2v) is 7.61. The first-order valence-electron chi connectivity index (χ1n) is 8.96. The van der Waals surface area contributed by atoms with Crippen molar-refractivity contribution in [3.8, 4) is 0 Å². The van der Waals surface area contributed by atoms with Crippen LogP contribution in [0.25, 0.3) is 10.8 Å². The number of carbonyl (C=O) groups excluding carboxylic acids is 1. The van der Waals surface area contributed by atoms with E-state index in [4.69, 9.17) is 23.2 Å². The van der Waals surface area contributed by atoms with Gasteiger partial charge in [0.2, 0.25) is 0 Å². The Morgan fingerprint density at radius 3 is 2.37 bits per heavy atom. The highest BCUT2D eigenvalue weighted by molar-refractivity contribution is 6.36. The zero-order valence-electron chi connectivity index (χ0n) is 14.5. The molecule has 3 aromatic carbocycles. The van der Waals surface area contributed by atoms with E-state index >= 15 is 0 Å².